The van der Waals surface area contributed by atoms with E-state index in [1.54, 1.807) is 0 Å². The van der Waals surface area contributed by atoms with E-state index >= 15 is 0 Å². The number of amides is 2. The van der Waals surface area contributed by atoms with Crippen LogP contribution in [0.1, 0.15) is 25.0 Å². The van der Waals surface area contributed by atoms with Crippen LogP contribution in [0.15, 0.2) is 18.2 Å². The Morgan fingerprint density at radius 2 is 1.61 bits per heavy atom. The fourth-order valence-electron chi connectivity index (χ4n) is 4.80. The monoisotopic (exact) mass is 396 g/mol. The zero-order valence-corrected chi connectivity index (χ0v) is 14.7. The van der Waals surface area contributed by atoms with Crippen LogP contribution in [-0.4, -0.2) is 45.4 Å². The average Bonchev–Trinajstić information content (AvgIpc) is 3.10. The SMILES string of the molecule is CC12OC(C)([C@H](O)[C@@H]1O)[C@H]1C(=O)N(c3ccc(C#N)c(C(F)(F)F)c3)C(=O)[C@H]12. The van der Waals surface area contributed by atoms with Gasteiger partial charge in [0.2, 0.25) is 11.8 Å². The summed E-state index contributed by atoms with van der Waals surface area (Å²) in [4.78, 5) is 26.6. The molecule has 2 N–H and O–H groups in total. The van der Waals surface area contributed by atoms with E-state index in [-0.39, 0.29) is 5.69 Å². The Bertz CT molecular complexity index is 920. The molecule has 4 rings (SSSR count). The van der Waals surface area contributed by atoms with Crippen molar-refractivity contribution in [2.24, 2.45) is 11.8 Å². The summed E-state index contributed by atoms with van der Waals surface area (Å²) >= 11 is 0. The number of anilines is 1. The number of carbonyl (C=O) groups excluding carboxylic acids is 2. The van der Waals surface area contributed by atoms with Gasteiger partial charge in [-0.05, 0) is 32.0 Å². The van der Waals surface area contributed by atoms with Crippen LogP contribution in [0.2, 0.25) is 0 Å². The molecule has 2 bridgehead atoms. The lowest BCUT2D eigenvalue weighted by molar-refractivity contribution is -0.138. The van der Waals surface area contributed by atoms with Gasteiger partial charge >= 0.3 is 6.18 Å². The smallest absolute Gasteiger partial charge is 0.387 e. The summed E-state index contributed by atoms with van der Waals surface area (Å²) < 4.78 is 45.5. The maximum absolute atomic E-state index is 13.3. The molecule has 3 heterocycles. The van der Waals surface area contributed by atoms with Crippen LogP contribution in [0, 0.1) is 23.2 Å². The summed E-state index contributed by atoms with van der Waals surface area (Å²) in [6.45, 7) is 2.79. The molecule has 2 unspecified atom stereocenters. The first-order valence-corrected chi connectivity index (χ1v) is 8.43. The number of alkyl halides is 3. The van der Waals surface area contributed by atoms with Crippen LogP contribution < -0.4 is 4.90 Å². The van der Waals surface area contributed by atoms with Gasteiger partial charge in [0.05, 0.1) is 34.7 Å². The predicted octanol–water partition coefficient (Wildman–Crippen LogP) is 0.966. The number of benzene rings is 1. The molecule has 28 heavy (non-hydrogen) atoms. The van der Waals surface area contributed by atoms with Crippen LogP contribution in [0.5, 0.6) is 0 Å². The molecule has 2 amide bonds. The van der Waals surface area contributed by atoms with E-state index in [2.05, 4.69) is 0 Å². The third-order valence-electron chi connectivity index (χ3n) is 6.14. The number of ether oxygens (including phenoxy) is 1. The molecule has 148 valence electrons. The van der Waals surface area contributed by atoms with E-state index in [1.165, 1.54) is 19.9 Å². The summed E-state index contributed by atoms with van der Waals surface area (Å²) in [7, 11) is 0. The normalized spacial score (nSPS) is 39.4. The molecule has 7 nitrogen and oxygen atoms in total. The zero-order valence-electron chi connectivity index (χ0n) is 14.7. The van der Waals surface area contributed by atoms with Gasteiger partial charge < -0.3 is 14.9 Å². The van der Waals surface area contributed by atoms with Crippen LogP contribution in [0.4, 0.5) is 18.9 Å². The van der Waals surface area contributed by atoms with Crippen LogP contribution in [0.25, 0.3) is 0 Å². The average molecular weight is 396 g/mol. The highest BCUT2D eigenvalue weighted by Crippen LogP contribution is 2.61. The molecule has 3 aliphatic rings. The van der Waals surface area contributed by atoms with Crippen molar-refractivity contribution in [3.63, 3.8) is 0 Å². The number of nitrogens with zero attached hydrogens (tertiary/aromatic N) is 2. The van der Waals surface area contributed by atoms with Crippen molar-refractivity contribution in [3.05, 3.63) is 29.3 Å². The Morgan fingerprint density at radius 3 is 2.04 bits per heavy atom. The van der Waals surface area contributed by atoms with Gasteiger partial charge in [0, 0.05) is 0 Å². The van der Waals surface area contributed by atoms with Gasteiger partial charge in [0.15, 0.2) is 0 Å². The largest absolute Gasteiger partial charge is 0.417 e. The molecule has 3 fully saturated rings. The minimum absolute atomic E-state index is 0.327. The van der Waals surface area contributed by atoms with Gasteiger partial charge in [-0.2, -0.15) is 18.4 Å². The molecule has 3 saturated heterocycles. The predicted molar refractivity (Wildman–Crippen MR) is 85.5 cm³/mol. The first-order valence-electron chi connectivity index (χ1n) is 8.43. The molecule has 6 atom stereocenters. The minimum atomic E-state index is -4.85. The lowest BCUT2D eigenvalue weighted by Crippen LogP contribution is -2.57. The second-order valence-electron chi connectivity index (χ2n) is 7.67. The van der Waals surface area contributed by atoms with Crippen LogP contribution in [0.3, 0.4) is 0 Å². The van der Waals surface area contributed by atoms with Crippen molar-refractivity contribution in [2.75, 3.05) is 4.90 Å². The molecule has 3 aliphatic heterocycles. The zero-order chi connectivity index (χ0) is 20.8. The number of hydrogen-bond acceptors (Lipinski definition) is 6. The molecule has 0 aromatic heterocycles. The third kappa shape index (κ3) is 2.04. The molecule has 0 spiro atoms. The van der Waals surface area contributed by atoms with Crippen molar-refractivity contribution < 1.29 is 37.7 Å². The van der Waals surface area contributed by atoms with Crippen LogP contribution in [-0.2, 0) is 20.5 Å². The second-order valence-corrected chi connectivity index (χ2v) is 7.67. The topological polar surface area (TPSA) is 111 Å². The van der Waals surface area contributed by atoms with Crippen molar-refractivity contribution >= 4 is 17.5 Å². The summed E-state index contributed by atoms with van der Waals surface area (Å²) in [6, 6.07) is 4.00. The summed E-state index contributed by atoms with van der Waals surface area (Å²) in [5.74, 6) is -3.92. The van der Waals surface area contributed by atoms with Gasteiger partial charge in [-0.1, -0.05) is 0 Å². The maximum Gasteiger partial charge on any atom is 0.417 e. The Kier molecular flexibility index (Phi) is 3.58. The highest BCUT2D eigenvalue weighted by Gasteiger charge is 2.79. The van der Waals surface area contributed by atoms with E-state index in [0.717, 1.165) is 12.1 Å². The van der Waals surface area contributed by atoms with Crippen molar-refractivity contribution in [1.82, 2.24) is 0 Å². The molecule has 1 aromatic carbocycles. The van der Waals surface area contributed by atoms with Gasteiger partial charge in [-0.3, -0.25) is 9.59 Å². The van der Waals surface area contributed by atoms with Gasteiger partial charge in [-0.15, -0.1) is 0 Å². The number of fused-ring (bicyclic) bond motifs is 5. The first kappa shape index (κ1) is 18.9. The lowest BCUT2D eigenvalue weighted by Gasteiger charge is -2.35. The Balaban J connectivity index is 1.82. The molecule has 10 heteroatoms. The van der Waals surface area contributed by atoms with Gasteiger partial charge in [0.25, 0.3) is 0 Å². The van der Waals surface area contributed by atoms with Gasteiger partial charge in [-0.25, -0.2) is 4.90 Å². The Morgan fingerprint density at radius 1 is 1.11 bits per heavy atom. The fraction of sp³-hybridized carbons (Fsp3) is 0.500. The standard InChI is InChI=1S/C18H15F3N2O5/c1-16-10-11(17(2,28-16)13(25)12(16)24)15(27)23(14(10)26)8-4-3-7(6-22)9(5-8)18(19,20)21/h3-5,10-13,24-25H,1-2H3/t10-,11+,12-,13+,16?,17?. The number of aliphatic hydroxyl groups is 2. The van der Waals surface area contributed by atoms with Gasteiger partial charge in [0.1, 0.15) is 23.4 Å². The Labute approximate surface area is 156 Å². The van der Waals surface area contributed by atoms with E-state index in [9.17, 15) is 33.0 Å². The summed E-state index contributed by atoms with van der Waals surface area (Å²) in [6.07, 6.45) is -7.71. The van der Waals surface area contributed by atoms with Crippen molar-refractivity contribution in [3.8, 4) is 6.07 Å². The second kappa shape index (κ2) is 5.31. The third-order valence-corrected chi connectivity index (χ3v) is 6.14. The Hall–Kier alpha value is -2.48. The molecular formula is C18H15F3N2O5. The quantitative estimate of drug-likeness (QED) is 0.685. The molecule has 1 aromatic rings. The molecule has 0 aliphatic carbocycles. The number of aliphatic hydroxyl groups excluding tert-OH is 2. The minimum Gasteiger partial charge on any atom is -0.387 e. The number of carbonyl (C=O) groups is 2. The van der Waals surface area contributed by atoms with Crippen molar-refractivity contribution in [1.29, 1.82) is 5.26 Å². The van der Waals surface area contributed by atoms with E-state index in [0.29, 0.717) is 11.0 Å². The molecular weight excluding hydrogens is 381 g/mol. The number of imide groups is 1. The lowest BCUT2D eigenvalue weighted by atomic mass is 9.66. The highest BCUT2D eigenvalue weighted by molar-refractivity contribution is 6.23. The summed E-state index contributed by atoms with van der Waals surface area (Å²) in [5, 5.41) is 29.5. The molecule has 0 saturated carbocycles. The van der Waals surface area contributed by atoms with Crippen molar-refractivity contribution in [2.45, 2.75) is 43.4 Å². The number of nitriles is 1. The maximum atomic E-state index is 13.3. The van der Waals surface area contributed by atoms with Crippen LogP contribution >= 0.6 is 0 Å². The fourth-order valence-corrected chi connectivity index (χ4v) is 4.80. The number of halogens is 3. The first-order chi connectivity index (χ1) is 12.9. The van der Waals surface area contributed by atoms with E-state index in [4.69, 9.17) is 10.00 Å². The van der Waals surface area contributed by atoms with E-state index < -0.39 is 64.4 Å². The number of rotatable bonds is 1. The van der Waals surface area contributed by atoms with E-state index in [1.807, 2.05) is 0 Å². The number of hydrogen-bond donors (Lipinski definition) is 2. The molecule has 0 radical (unpaired) electrons. The highest BCUT2D eigenvalue weighted by atomic mass is 19.4. The summed E-state index contributed by atoms with van der Waals surface area (Å²) in [5.41, 5.74) is -5.31.